The predicted octanol–water partition coefficient (Wildman–Crippen LogP) is 12.6. The van der Waals surface area contributed by atoms with Gasteiger partial charge in [-0.2, -0.15) is 0 Å². The fraction of sp³-hybridized carbons (Fsp3) is 0. The monoisotopic (exact) mass is 583 g/mol. The second kappa shape index (κ2) is 10.4. The molecule has 0 unspecified atom stereocenters. The van der Waals surface area contributed by atoms with Crippen molar-refractivity contribution < 1.29 is 19.5 Å². The molecule has 8 aromatic carbocycles. The van der Waals surface area contributed by atoms with E-state index in [1.54, 1.807) is 0 Å². The van der Waals surface area contributed by atoms with Crippen molar-refractivity contribution in [2.24, 2.45) is 0 Å². The average Bonchev–Trinajstić information content (AvgIpc) is 3.62. The number of furan rings is 1. The third-order valence-electron chi connectivity index (χ3n) is 8.34. The summed E-state index contributed by atoms with van der Waals surface area (Å²) in [5.74, 6) is 0. The third kappa shape index (κ3) is 4.09. The minimum atomic E-state index is -0.650. The van der Waals surface area contributed by atoms with Crippen molar-refractivity contribution in [3.05, 3.63) is 170 Å². The highest BCUT2D eigenvalue weighted by Crippen LogP contribution is 2.47. The Hall–Kier alpha value is -5.92. The lowest BCUT2D eigenvalue weighted by molar-refractivity contribution is 0.670. The van der Waals surface area contributed by atoms with Crippen LogP contribution in [-0.2, 0) is 0 Å². The first-order valence-corrected chi connectivity index (χ1v) is 14.5. The van der Waals surface area contributed by atoms with E-state index in [-0.39, 0.29) is 44.7 Å². The maximum Gasteiger partial charge on any atom is 0.143 e. The Balaban J connectivity index is 1.43. The van der Waals surface area contributed by atoms with Crippen molar-refractivity contribution in [3.8, 4) is 44.5 Å². The molecule has 0 saturated carbocycles. The molecule has 1 heterocycles. The van der Waals surface area contributed by atoms with E-state index in [0.717, 1.165) is 43.8 Å². The Labute approximate surface area is 277 Å². The lowest BCUT2D eigenvalue weighted by Gasteiger charge is -2.18. The van der Waals surface area contributed by atoms with Gasteiger partial charge in [-0.05, 0) is 66.5 Å². The highest BCUT2D eigenvalue weighted by Gasteiger charge is 2.21. The van der Waals surface area contributed by atoms with E-state index in [4.69, 9.17) is 16.8 Å². The molecule has 1 aromatic heterocycles. The Kier molecular flexibility index (Phi) is 3.87. The molecule has 45 heavy (non-hydrogen) atoms. The molecule has 0 atom stereocenters. The summed E-state index contributed by atoms with van der Waals surface area (Å²) in [6.45, 7) is 0. The van der Waals surface area contributed by atoms with Crippen molar-refractivity contribution in [3.63, 3.8) is 0 Å². The Bertz CT molecular complexity index is 3050. The van der Waals surface area contributed by atoms with Gasteiger partial charge in [0, 0.05) is 16.3 Å². The molecular weight excluding hydrogens is 544 g/mol. The minimum Gasteiger partial charge on any atom is -0.455 e. The van der Waals surface area contributed by atoms with E-state index in [9.17, 15) is 2.74 Å². The van der Waals surface area contributed by atoms with Gasteiger partial charge >= 0.3 is 0 Å². The van der Waals surface area contributed by atoms with Gasteiger partial charge in [0.05, 0.1) is 15.1 Å². The SMILES string of the molecule is [2H]c1c([2H])c([2H])c(-c2c([2H])c([2H])c([2H])c3c2oc2c([2H])c([2H])c([2H])c(-c4c5ccccc5c(-c5ccc(-c6ccccc6)cc5)c5ccccc45)c23)c([2H])c1[2H]. The fourth-order valence-electron chi connectivity index (χ4n) is 6.39. The number of rotatable bonds is 4. The summed E-state index contributed by atoms with van der Waals surface area (Å²) in [4.78, 5) is 0. The van der Waals surface area contributed by atoms with Crippen LogP contribution in [0, 0.1) is 0 Å². The number of fused-ring (bicyclic) bond motifs is 5. The van der Waals surface area contributed by atoms with Crippen LogP contribution < -0.4 is 0 Å². The van der Waals surface area contributed by atoms with Gasteiger partial charge in [0.15, 0.2) is 0 Å². The Morgan fingerprint density at radius 3 is 1.62 bits per heavy atom. The van der Waals surface area contributed by atoms with Gasteiger partial charge in [0.1, 0.15) is 11.2 Å². The van der Waals surface area contributed by atoms with Gasteiger partial charge in [-0.25, -0.2) is 0 Å². The average molecular weight is 584 g/mol. The first-order valence-electron chi connectivity index (χ1n) is 20.0. The predicted molar refractivity (Wildman–Crippen MR) is 190 cm³/mol. The van der Waals surface area contributed by atoms with Crippen LogP contribution in [-0.4, -0.2) is 0 Å². The standard InChI is InChI=1S/C44H28O/c1-3-13-29(14-4-1)30-25-27-32(28-26-30)41-34-17-7-9-19-36(34)42(37-20-10-8-18-35(37)41)38-22-12-24-40-43(38)39-23-11-21-33(44(39)45-40)31-15-5-2-6-16-31/h1-28H/i2D,5D,6D,11D,12D,15D,16D,21D,22D,23D,24D. The van der Waals surface area contributed by atoms with Gasteiger partial charge in [-0.15, -0.1) is 0 Å². The van der Waals surface area contributed by atoms with E-state index in [2.05, 4.69) is 36.4 Å². The zero-order valence-electron chi connectivity index (χ0n) is 34.7. The number of para-hydroxylation sites is 1. The summed E-state index contributed by atoms with van der Waals surface area (Å²) in [5.41, 5.74) is 3.64. The maximum atomic E-state index is 9.45. The molecule has 0 aliphatic carbocycles. The lowest BCUT2D eigenvalue weighted by atomic mass is 9.84. The van der Waals surface area contributed by atoms with Crippen molar-refractivity contribution in [2.75, 3.05) is 0 Å². The minimum absolute atomic E-state index is 0.0615. The summed E-state index contributed by atoms with van der Waals surface area (Å²) < 4.78 is 103. The van der Waals surface area contributed by atoms with E-state index >= 15 is 0 Å². The molecule has 9 aromatic rings. The van der Waals surface area contributed by atoms with E-state index in [1.165, 1.54) is 0 Å². The van der Waals surface area contributed by atoms with Crippen LogP contribution in [0.2, 0.25) is 0 Å². The molecule has 0 aliphatic heterocycles. The van der Waals surface area contributed by atoms with Crippen molar-refractivity contribution in [1.82, 2.24) is 0 Å². The molecule has 0 spiro atoms. The molecule has 0 bridgehead atoms. The number of benzene rings is 8. The van der Waals surface area contributed by atoms with Crippen molar-refractivity contribution in [2.45, 2.75) is 0 Å². The first-order chi connectivity index (χ1) is 26.9. The zero-order valence-corrected chi connectivity index (χ0v) is 23.7. The smallest absolute Gasteiger partial charge is 0.143 e. The topological polar surface area (TPSA) is 13.1 Å². The van der Waals surface area contributed by atoms with Crippen LogP contribution in [0.5, 0.6) is 0 Å². The zero-order chi connectivity index (χ0) is 39.3. The molecular formula is C44H28O. The summed E-state index contributed by atoms with van der Waals surface area (Å²) in [7, 11) is 0. The summed E-state index contributed by atoms with van der Waals surface area (Å²) in [6.07, 6.45) is 0. The van der Waals surface area contributed by atoms with Crippen molar-refractivity contribution >= 4 is 43.5 Å². The van der Waals surface area contributed by atoms with E-state index in [0.29, 0.717) is 5.56 Å². The lowest BCUT2D eigenvalue weighted by Crippen LogP contribution is -1.91. The molecule has 0 aliphatic rings. The largest absolute Gasteiger partial charge is 0.455 e. The fourth-order valence-corrected chi connectivity index (χ4v) is 6.39. The van der Waals surface area contributed by atoms with Gasteiger partial charge in [0.2, 0.25) is 0 Å². The quantitative estimate of drug-likeness (QED) is 0.188. The van der Waals surface area contributed by atoms with Crippen molar-refractivity contribution in [1.29, 1.82) is 0 Å². The molecule has 0 N–H and O–H groups in total. The molecule has 0 radical (unpaired) electrons. The van der Waals surface area contributed by atoms with Crippen LogP contribution in [0.4, 0.5) is 0 Å². The Morgan fingerprint density at radius 1 is 0.378 bits per heavy atom. The highest BCUT2D eigenvalue weighted by atomic mass is 16.3. The van der Waals surface area contributed by atoms with E-state index < -0.39 is 60.4 Å². The van der Waals surface area contributed by atoms with Crippen LogP contribution in [0.3, 0.4) is 0 Å². The Morgan fingerprint density at radius 2 is 0.933 bits per heavy atom. The van der Waals surface area contributed by atoms with E-state index in [1.807, 2.05) is 66.7 Å². The normalized spacial score (nSPS) is 15.0. The third-order valence-corrected chi connectivity index (χ3v) is 8.34. The molecule has 9 rings (SSSR count). The van der Waals surface area contributed by atoms with Gasteiger partial charge < -0.3 is 4.42 Å². The van der Waals surface area contributed by atoms with Gasteiger partial charge in [-0.1, -0.05) is 164 Å². The molecule has 0 fully saturated rings. The molecule has 0 saturated heterocycles. The number of hydrogen-bond acceptors (Lipinski definition) is 1. The summed E-state index contributed by atoms with van der Waals surface area (Å²) in [6, 6.07) is 27.7. The molecule has 1 heteroatoms. The van der Waals surface area contributed by atoms with Gasteiger partial charge in [0.25, 0.3) is 0 Å². The van der Waals surface area contributed by atoms with Crippen LogP contribution in [0.15, 0.2) is 174 Å². The van der Waals surface area contributed by atoms with Crippen LogP contribution >= 0.6 is 0 Å². The first kappa shape index (κ1) is 16.8. The molecule has 210 valence electrons. The second-order valence-electron chi connectivity index (χ2n) is 10.8. The summed E-state index contributed by atoms with van der Waals surface area (Å²) in [5, 5.41) is 3.15. The summed E-state index contributed by atoms with van der Waals surface area (Å²) >= 11 is 0. The molecule has 0 amide bonds. The van der Waals surface area contributed by atoms with Gasteiger partial charge in [-0.3, -0.25) is 0 Å². The van der Waals surface area contributed by atoms with Crippen LogP contribution in [0.25, 0.3) is 88.0 Å². The molecule has 1 nitrogen and oxygen atoms in total. The van der Waals surface area contributed by atoms with Crippen LogP contribution in [0.1, 0.15) is 15.1 Å². The highest BCUT2D eigenvalue weighted by molar-refractivity contribution is 6.26. The second-order valence-corrected chi connectivity index (χ2v) is 10.8. The number of hydrogen-bond donors (Lipinski definition) is 0. The maximum absolute atomic E-state index is 9.45.